The molecule has 0 saturated carbocycles. The van der Waals surface area contributed by atoms with E-state index in [0.29, 0.717) is 11.7 Å². The van der Waals surface area contributed by atoms with Gasteiger partial charge in [0.05, 0.1) is 12.3 Å². The van der Waals surface area contributed by atoms with Crippen molar-refractivity contribution in [2.75, 3.05) is 20.5 Å². The van der Waals surface area contributed by atoms with Crippen LogP contribution in [0.1, 0.15) is 19.4 Å². The first-order chi connectivity index (χ1) is 10.1. The Bertz CT molecular complexity index is 548. The summed E-state index contributed by atoms with van der Waals surface area (Å²) in [4.78, 5) is 0. The number of thiocarbonyl (C=S) groups is 1. The number of hydrogen-bond donors (Lipinski definition) is 2. The summed E-state index contributed by atoms with van der Waals surface area (Å²) in [5.74, 6) is 1.49. The Labute approximate surface area is 129 Å². The van der Waals surface area contributed by atoms with Crippen LogP contribution in [0.25, 0.3) is 0 Å². The van der Waals surface area contributed by atoms with Gasteiger partial charge in [-0.1, -0.05) is 0 Å². The van der Waals surface area contributed by atoms with Gasteiger partial charge in [-0.25, -0.2) is 0 Å². The number of hydrazone groups is 1. The molecular formula is C14H19N3O3S. The van der Waals surface area contributed by atoms with Crippen molar-refractivity contribution in [3.8, 4) is 11.5 Å². The molecule has 21 heavy (non-hydrogen) atoms. The van der Waals surface area contributed by atoms with Gasteiger partial charge in [0, 0.05) is 18.7 Å². The van der Waals surface area contributed by atoms with E-state index in [9.17, 15) is 0 Å². The quantitative estimate of drug-likeness (QED) is 0.490. The fraction of sp³-hybridized carbons (Fsp3) is 0.429. The van der Waals surface area contributed by atoms with Gasteiger partial charge in [0.25, 0.3) is 0 Å². The van der Waals surface area contributed by atoms with Gasteiger partial charge in [-0.3, -0.25) is 5.43 Å². The van der Waals surface area contributed by atoms with Gasteiger partial charge in [-0.2, -0.15) is 5.10 Å². The van der Waals surface area contributed by atoms with E-state index in [1.54, 1.807) is 7.11 Å². The standard InChI is InChI=1S/C14H19N3O3S/c1-9(7-18-3)15-14(21)17-16-10(2)11-4-5-12-13(6-11)20-8-19-12/h4-6,9H,7-8H2,1-3H3,(H2,15,17,21)/b16-10-/t9-/m0/s1. The maximum atomic E-state index is 5.34. The van der Waals surface area contributed by atoms with Crippen LogP contribution in [0.3, 0.4) is 0 Å². The fourth-order valence-electron chi connectivity index (χ4n) is 1.87. The molecule has 1 atom stereocenters. The van der Waals surface area contributed by atoms with Crippen LogP contribution in [0.15, 0.2) is 23.3 Å². The fourth-order valence-corrected chi connectivity index (χ4v) is 2.12. The van der Waals surface area contributed by atoms with E-state index in [0.717, 1.165) is 22.8 Å². The van der Waals surface area contributed by atoms with E-state index in [1.807, 2.05) is 32.0 Å². The molecule has 0 unspecified atom stereocenters. The van der Waals surface area contributed by atoms with Gasteiger partial charge in [0.1, 0.15) is 0 Å². The number of benzene rings is 1. The molecule has 1 aromatic rings. The Hall–Kier alpha value is -1.86. The summed E-state index contributed by atoms with van der Waals surface area (Å²) >= 11 is 5.16. The molecule has 114 valence electrons. The zero-order valence-corrected chi connectivity index (χ0v) is 13.1. The van der Waals surface area contributed by atoms with Crippen molar-refractivity contribution in [2.24, 2.45) is 5.10 Å². The number of hydrogen-bond acceptors (Lipinski definition) is 5. The number of nitrogens with one attached hydrogen (secondary N) is 2. The van der Waals surface area contributed by atoms with Gasteiger partial charge < -0.3 is 19.5 Å². The molecule has 1 aliphatic heterocycles. The minimum Gasteiger partial charge on any atom is -0.454 e. The SMILES string of the molecule is COC[C@H](C)NC(=S)N/N=C(/C)c1ccc2c(c1)OCO2. The number of nitrogens with zero attached hydrogens (tertiary/aromatic N) is 1. The molecule has 0 fully saturated rings. The average Bonchev–Trinajstić information content (AvgIpc) is 2.92. The number of rotatable bonds is 5. The predicted octanol–water partition coefficient (Wildman–Crippen LogP) is 1.64. The second kappa shape index (κ2) is 7.24. The molecule has 6 nitrogen and oxygen atoms in total. The average molecular weight is 309 g/mol. The number of methoxy groups -OCH3 is 1. The Morgan fingerprint density at radius 1 is 1.43 bits per heavy atom. The normalized spacial score (nSPS) is 14.7. The van der Waals surface area contributed by atoms with Crippen LogP contribution in [0.5, 0.6) is 11.5 Å². The first-order valence-corrected chi connectivity index (χ1v) is 7.00. The zero-order chi connectivity index (χ0) is 15.2. The van der Waals surface area contributed by atoms with E-state index < -0.39 is 0 Å². The lowest BCUT2D eigenvalue weighted by Gasteiger charge is -2.14. The summed E-state index contributed by atoms with van der Waals surface area (Å²) in [5.41, 5.74) is 4.57. The van der Waals surface area contributed by atoms with E-state index in [2.05, 4.69) is 15.8 Å². The Kier molecular flexibility index (Phi) is 5.35. The van der Waals surface area contributed by atoms with Crippen molar-refractivity contribution < 1.29 is 14.2 Å². The summed E-state index contributed by atoms with van der Waals surface area (Å²) < 4.78 is 15.7. The van der Waals surface area contributed by atoms with Crippen LogP contribution in [-0.2, 0) is 4.74 Å². The third-order valence-corrected chi connectivity index (χ3v) is 3.12. The highest BCUT2D eigenvalue weighted by molar-refractivity contribution is 7.80. The molecule has 0 spiro atoms. The summed E-state index contributed by atoms with van der Waals surface area (Å²) in [7, 11) is 1.65. The van der Waals surface area contributed by atoms with Crippen LogP contribution < -0.4 is 20.2 Å². The van der Waals surface area contributed by atoms with Crippen molar-refractivity contribution in [3.05, 3.63) is 23.8 Å². The highest BCUT2D eigenvalue weighted by Gasteiger charge is 2.14. The lowest BCUT2D eigenvalue weighted by molar-refractivity contribution is 0.174. The smallest absolute Gasteiger partial charge is 0.231 e. The Morgan fingerprint density at radius 3 is 2.95 bits per heavy atom. The minimum atomic E-state index is 0.121. The van der Waals surface area contributed by atoms with Crippen LogP contribution in [0.2, 0.25) is 0 Å². The predicted molar refractivity (Wildman–Crippen MR) is 85.0 cm³/mol. The maximum Gasteiger partial charge on any atom is 0.231 e. The van der Waals surface area contributed by atoms with Crippen molar-refractivity contribution in [1.82, 2.24) is 10.7 Å². The third-order valence-electron chi connectivity index (χ3n) is 2.91. The topological polar surface area (TPSA) is 64.1 Å². The molecule has 2 rings (SSSR count). The molecule has 1 aliphatic rings. The van der Waals surface area contributed by atoms with Crippen molar-refractivity contribution >= 4 is 23.0 Å². The van der Waals surface area contributed by atoms with E-state index in [4.69, 9.17) is 26.4 Å². The number of ether oxygens (including phenoxy) is 3. The molecule has 1 aromatic carbocycles. The number of fused-ring (bicyclic) bond motifs is 1. The maximum absolute atomic E-state index is 5.34. The molecule has 0 radical (unpaired) electrons. The molecule has 0 bridgehead atoms. The zero-order valence-electron chi connectivity index (χ0n) is 12.3. The van der Waals surface area contributed by atoms with Crippen molar-refractivity contribution in [3.63, 3.8) is 0 Å². The van der Waals surface area contributed by atoms with Gasteiger partial charge in [-0.15, -0.1) is 0 Å². The molecule has 0 amide bonds. The van der Waals surface area contributed by atoms with Crippen LogP contribution in [0.4, 0.5) is 0 Å². The van der Waals surface area contributed by atoms with E-state index in [-0.39, 0.29) is 12.8 Å². The van der Waals surface area contributed by atoms with Gasteiger partial charge in [0.15, 0.2) is 16.6 Å². The Balaban J connectivity index is 1.93. The summed E-state index contributed by atoms with van der Waals surface area (Å²) in [6, 6.07) is 5.81. The van der Waals surface area contributed by atoms with Crippen LogP contribution in [0, 0.1) is 0 Å². The highest BCUT2D eigenvalue weighted by atomic mass is 32.1. The molecule has 0 saturated heterocycles. The molecule has 0 aliphatic carbocycles. The largest absolute Gasteiger partial charge is 0.454 e. The summed E-state index contributed by atoms with van der Waals surface area (Å²) in [6.07, 6.45) is 0. The second-order valence-electron chi connectivity index (χ2n) is 4.71. The van der Waals surface area contributed by atoms with E-state index in [1.165, 1.54) is 0 Å². The van der Waals surface area contributed by atoms with Crippen LogP contribution in [-0.4, -0.2) is 37.4 Å². The molecule has 2 N–H and O–H groups in total. The summed E-state index contributed by atoms with van der Waals surface area (Å²) in [6.45, 7) is 4.71. The molecule has 7 heteroatoms. The van der Waals surface area contributed by atoms with Gasteiger partial charge in [0.2, 0.25) is 6.79 Å². The first-order valence-electron chi connectivity index (χ1n) is 6.60. The second-order valence-corrected chi connectivity index (χ2v) is 5.12. The first kappa shape index (κ1) is 15.5. The monoisotopic (exact) mass is 309 g/mol. The van der Waals surface area contributed by atoms with Gasteiger partial charge >= 0.3 is 0 Å². The van der Waals surface area contributed by atoms with E-state index >= 15 is 0 Å². The molecule has 0 aromatic heterocycles. The molecule has 1 heterocycles. The lowest BCUT2D eigenvalue weighted by atomic mass is 10.1. The van der Waals surface area contributed by atoms with Crippen molar-refractivity contribution in [2.45, 2.75) is 19.9 Å². The highest BCUT2D eigenvalue weighted by Crippen LogP contribution is 2.32. The molecular weight excluding hydrogens is 290 g/mol. The van der Waals surface area contributed by atoms with Crippen molar-refractivity contribution in [1.29, 1.82) is 0 Å². The lowest BCUT2D eigenvalue weighted by Crippen LogP contribution is -2.40. The third kappa shape index (κ3) is 4.30. The van der Waals surface area contributed by atoms with Gasteiger partial charge in [-0.05, 0) is 44.3 Å². The minimum absolute atomic E-state index is 0.121. The Morgan fingerprint density at radius 2 is 2.19 bits per heavy atom. The van der Waals surface area contributed by atoms with Crippen LogP contribution >= 0.6 is 12.2 Å². The summed E-state index contributed by atoms with van der Waals surface area (Å²) in [5, 5.41) is 7.79.